The van der Waals surface area contributed by atoms with Gasteiger partial charge in [0.25, 0.3) is 0 Å². The van der Waals surface area contributed by atoms with E-state index in [1.165, 1.54) is 68.5 Å². The molecule has 2 atom stereocenters. The normalized spacial score (nSPS) is 15.3. The van der Waals surface area contributed by atoms with Crippen LogP contribution in [0.25, 0.3) is 34.4 Å². The molecule has 2 unspecified atom stereocenters. The van der Waals surface area contributed by atoms with E-state index >= 15 is 0 Å². The molecule has 0 amide bonds. The summed E-state index contributed by atoms with van der Waals surface area (Å²) in [5.41, 5.74) is 13.0. The van der Waals surface area contributed by atoms with E-state index in [0.29, 0.717) is 0 Å². The van der Waals surface area contributed by atoms with Crippen LogP contribution in [0.5, 0.6) is 0 Å². The molecule has 3 heteroatoms. The molecule has 2 aliphatic rings. The Balaban J connectivity index is 0.000000167. The molecule has 4 aromatic carbocycles. The van der Waals surface area contributed by atoms with Crippen LogP contribution >= 0.6 is 0 Å². The number of hydrogen-bond acceptors (Lipinski definition) is 2. The van der Waals surface area contributed by atoms with E-state index in [1.54, 1.807) is 0 Å². The maximum atomic E-state index is 5.83. The zero-order valence-electron chi connectivity index (χ0n) is 28.8. The first-order valence-corrected chi connectivity index (χ1v) is 17.3. The van der Waals surface area contributed by atoms with E-state index in [1.807, 2.05) is 26.0 Å². The van der Waals surface area contributed by atoms with Gasteiger partial charge in [-0.3, -0.25) is 12.2 Å². The summed E-state index contributed by atoms with van der Waals surface area (Å²) in [5, 5.41) is 0. The molecular formula is C46H42O2Zr. The maximum absolute atomic E-state index is 5.83. The molecule has 2 heterocycles. The third-order valence-corrected chi connectivity index (χ3v) is 9.39. The van der Waals surface area contributed by atoms with Crippen molar-refractivity contribution in [1.82, 2.24) is 0 Å². The van der Waals surface area contributed by atoms with Crippen LogP contribution in [0.2, 0.25) is 0 Å². The number of hydrogen-bond donors (Lipinski definition) is 0. The van der Waals surface area contributed by atoms with Crippen LogP contribution in [0, 0.1) is 26.0 Å². The van der Waals surface area contributed by atoms with Crippen LogP contribution < -0.4 is 0 Å². The van der Waals surface area contributed by atoms with Crippen LogP contribution in [0.3, 0.4) is 0 Å². The molecule has 6 aromatic rings. The molecule has 0 saturated heterocycles. The van der Waals surface area contributed by atoms with Crippen molar-refractivity contribution in [2.24, 2.45) is 0 Å². The Bertz CT molecular complexity index is 1920. The number of allylic oxidation sites excluding steroid dienone is 2. The van der Waals surface area contributed by atoms with Gasteiger partial charge < -0.3 is 8.83 Å². The number of fused-ring (bicyclic) bond motifs is 2. The fourth-order valence-electron chi connectivity index (χ4n) is 6.98. The zero-order valence-corrected chi connectivity index (χ0v) is 31.3. The zero-order chi connectivity index (χ0) is 33.0. The summed E-state index contributed by atoms with van der Waals surface area (Å²) in [7, 11) is 0. The molecule has 0 saturated carbocycles. The number of benzene rings is 4. The molecule has 2 aliphatic carbocycles. The second kappa shape index (κ2) is 15.6. The summed E-state index contributed by atoms with van der Waals surface area (Å²) in [6.07, 6.45) is 15.8. The SMILES string of the molecule is CCCc1ccc(-c2cccc3c2C=[C-]C3c2ccc(C)o2)cc1.CCCc1ccc(-c2cccc3c2C=[C-]C3c2ccc(C)o2)cc1.[Zr+2]. The van der Waals surface area contributed by atoms with E-state index in [0.717, 1.165) is 35.9 Å². The largest absolute Gasteiger partial charge is 2.00 e. The van der Waals surface area contributed by atoms with Crippen molar-refractivity contribution in [3.8, 4) is 22.3 Å². The summed E-state index contributed by atoms with van der Waals surface area (Å²) >= 11 is 0. The van der Waals surface area contributed by atoms with E-state index in [-0.39, 0.29) is 38.0 Å². The molecule has 0 aliphatic heterocycles. The quantitative estimate of drug-likeness (QED) is 0.147. The van der Waals surface area contributed by atoms with Crippen molar-refractivity contribution < 1.29 is 35.0 Å². The summed E-state index contributed by atoms with van der Waals surface area (Å²) in [5.74, 6) is 4.04. The summed E-state index contributed by atoms with van der Waals surface area (Å²) in [6, 6.07) is 39.1. The van der Waals surface area contributed by atoms with Gasteiger partial charge in [0.1, 0.15) is 11.5 Å². The van der Waals surface area contributed by atoms with Gasteiger partial charge in [-0.15, -0.1) is 11.1 Å². The third kappa shape index (κ3) is 7.39. The minimum atomic E-state index is 0. The van der Waals surface area contributed by atoms with E-state index in [2.05, 4.69) is 135 Å². The maximum Gasteiger partial charge on any atom is 2.00 e. The molecule has 49 heavy (non-hydrogen) atoms. The Morgan fingerprint density at radius 1 is 0.510 bits per heavy atom. The predicted molar refractivity (Wildman–Crippen MR) is 198 cm³/mol. The third-order valence-electron chi connectivity index (χ3n) is 9.39. The van der Waals surface area contributed by atoms with Crippen molar-refractivity contribution in [1.29, 1.82) is 0 Å². The van der Waals surface area contributed by atoms with E-state index < -0.39 is 0 Å². The Kier molecular flexibility index (Phi) is 11.0. The Morgan fingerprint density at radius 2 is 0.918 bits per heavy atom. The first-order valence-electron chi connectivity index (χ1n) is 17.3. The van der Waals surface area contributed by atoms with Crippen LogP contribution in [-0.4, -0.2) is 0 Å². The molecule has 0 N–H and O–H groups in total. The van der Waals surface area contributed by atoms with Gasteiger partial charge in [0.15, 0.2) is 0 Å². The van der Waals surface area contributed by atoms with Gasteiger partial charge in [-0.1, -0.05) is 123 Å². The molecule has 0 radical (unpaired) electrons. The van der Waals surface area contributed by atoms with Crippen molar-refractivity contribution in [3.05, 3.63) is 178 Å². The fourth-order valence-corrected chi connectivity index (χ4v) is 6.98. The van der Waals surface area contributed by atoms with Crippen molar-refractivity contribution in [2.45, 2.75) is 65.2 Å². The minimum Gasteiger partial charge on any atom is -0.467 e. The summed E-state index contributed by atoms with van der Waals surface area (Å²) < 4.78 is 11.7. The van der Waals surface area contributed by atoms with Crippen molar-refractivity contribution in [3.63, 3.8) is 0 Å². The average Bonchev–Trinajstić information content (AvgIpc) is 3.92. The number of furan rings is 2. The van der Waals surface area contributed by atoms with Gasteiger partial charge in [0.2, 0.25) is 0 Å². The number of aryl methyl sites for hydroxylation is 4. The van der Waals surface area contributed by atoms with Crippen LogP contribution in [0.15, 0.2) is 118 Å². The van der Waals surface area contributed by atoms with E-state index in [9.17, 15) is 0 Å². The molecule has 0 bridgehead atoms. The molecule has 2 aromatic heterocycles. The van der Waals surface area contributed by atoms with Crippen LogP contribution in [0.1, 0.15) is 94.9 Å². The summed E-state index contributed by atoms with van der Waals surface area (Å²) in [4.78, 5) is 0. The van der Waals surface area contributed by atoms with Crippen LogP contribution in [0.4, 0.5) is 0 Å². The summed E-state index contributed by atoms with van der Waals surface area (Å²) in [6.45, 7) is 8.40. The Hall–Kier alpha value is -4.20. The van der Waals surface area contributed by atoms with Crippen LogP contribution in [-0.2, 0) is 39.0 Å². The molecule has 8 rings (SSSR count). The second-order valence-corrected chi connectivity index (χ2v) is 12.9. The molecule has 0 spiro atoms. The van der Waals surface area contributed by atoms with Gasteiger partial charge in [-0.2, -0.15) is 11.1 Å². The smallest absolute Gasteiger partial charge is 0.467 e. The Morgan fingerprint density at radius 3 is 1.27 bits per heavy atom. The monoisotopic (exact) mass is 716 g/mol. The molecule has 0 fully saturated rings. The van der Waals surface area contributed by atoms with Gasteiger partial charge in [0, 0.05) is 0 Å². The first-order chi connectivity index (χ1) is 23.5. The Labute approximate surface area is 310 Å². The molecule has 242 valence electrons. The topological polar surface area (TPSA) is 26.3 Å². The second-order valence-electron chi connectivity index (χ2n) is 12.9. The predicted octanol–water partition coefficient (Wildman–Crippen LogP) is 12.3. The molecule has 2 nitrogen and oxygen atoms in total. The van der Waals surface area contributed by atoms with E-state index in [4.69, 9.17) is 8.83 Å². The van der Waals surface area contributed by atoms with Gasteiger partial charge in [-0.05, 0) is 85.0 Å². The fraction of sp³-hybridized carbons (Fsp3) is 0.217. The first kappa shape index (κ1) is 34.7. The van der Waals surface area contributed by atoms with Gasteiger partial charge in [0.05, 0.1) is 11.5 Å². The van der Waals surface area contributed by atoms with Crippen molar-refractivity contribution in [2.75, 3.05) is 0 Å². The molecular weight excluding hydrogens is 676 g/mol. The number of rotatable bonds is 8. The average molecular weight is 718 g/mol. The van der Waals surface area contributed by atoms with Gasteiger partial charge >= 0.3 is 26.2 Å². The van der Waals surface area contributed by atoms with Crippen molar-refractivity contribution >= 4 is 12.2 Å². The standard InChI is InChI=1S/2C23H21O.Zr/c2*1-3-5-17-9-11-18(12-10-17)19-6-4-7-20-21(19)13-14-22(20)23-15-8-16(2)24-23;/h2*4,6-13,15,22H,3,5H2,1-2H3;/q2*-1;+2. The minimum absolute atomic E-state index is 0. The van der Waals surface area contributed by atoms with Gasteiger partial charge in [-0.25, -0.2) is 12.2 Å².